The average Bonchev–Trinajstić information content (AvgIpc) is 2.51. The van der Waals surface area contributed by atoms with E-state index in [9.17, 15) is 4.79 Å². The van der Waals surface area contributed by atoms with E-state index in [1.165, 1.54) is 0 Å². The highest BCUT2D eigenvalue weighted by Crippen LogP contribution is 2.05. The van der Waals surface area contributed by atoms with Gasteiger partial charge >= 0.3 is 0 Å². The second-order valence-corrected chi connectivity index (χ2v) is 2.87. The van der Waals surface area contributed by atoms with E-state index in [1.54, 1.807) is 12.5 Å². The molecule has 1 N–H and O–H groups in total. The number of nitrogens with one attached hydrogen (secondary N) is 1. The number of aromatic amines is 1. The molecule has 0 amide bonds. The van der Waals surface area contributed by atoms with Gasteiger partial charge in [-0.2, -0.15) is 5.10 Å². The summed E-state index contributed by atoms with van der Waals surface area (Å²) in [5.41, 5.74) is 1.03. The molecule has 0 saturated heterocycles. The van der Waals surface area contributed by atoms with E-state index >= 15 is 0 Å². The average molecular weight is 178 g/mol. The molecule has 13 heavy (non-hydrogen) atoms. The molecule has 5 nitrogen and oxygen atoms in total. The van der Waals surface area contributed by atoms with Crippen molar-refractivity contribution in [3.05, 3.63) is 22.9 Å². The van der Waals surface area contributed by atoms with Crippen LogP contribution in [0.4, 0.5) is 0 Å². The first kappa shape index (κ1) is 7.97. The molecular weight excluding hydrogens is 168 g/mol. The Kier molecular flexibility index (Phi) is 1.84. The first-order chi connectivity index (χ1) is 6.33. The Hall–Kier alpha value is -1.65. The summed E-state index contributed by atoms with van der Waals surface area (Å²) in [6, 6.07) is 0. The standard InChI is InChI=1S/C8H10N4O/c1-2-3-12-5-9-7-6(12)4-10-11-8(7)13/h4-5H,2-3H2,1H3,(H,11,13). The molecule has 0 fully saturated rings. The van der Waals surface area contributed by atoms with Gasteiger partial charge in [-0.05, 0) is 6.42 Å². The highest BCUT2D eigenvalue weighted by Gasteiger charge is 2.04. The number of aryl methyl sites for hydroxylation is 1. The zero-order valence-corrected chi connectivity index (χ0v) is 7.32. The highest BCUT2D eigenvalue weighted by atomic mass is 16.1. The first-order valence-corrected chi connectivity index (χ1v) is 4.21. The molecule has 0 spiro atoms. The maximum atomic E-state index is 11.2. The monoisotopic (exact) mass is 178 g/mol. The van der Waals surface area contributed by atoms with Crippen LogP contribution in [0.15, 0.2) is 17.3 Å². The third-order valence-electron chi connectivity index (χ3n) is 1.91. The molecule has 2 aromatic rings. The van der Waals surface area contributed by atoms with Gasteiger partial charge in [-0.3, -0.25) is 4.79 Å². The van der Waals surface area contributed by atoms with E-state index in [0.29, 0.717) is 5.52 Å². The van der Waals surface area contributed by atoms with Crippen molar-refractivity contribution in [2.24, 2.45) is 0 Å². The minimum atomic E-state index is -0.229. The first-order valence-electron chi connectivity index (χ1n) is 4.21. The number of rotatable bonds is 2. The van der Waals surface area contributed by atoms with Crippen molar-refractivity contribution in [2.45, 2.75) is 19.9 Å². The molecule has 0 bridgehead atoms. The van der Waals surface area contributed by atoms with Crippen molar-refractivity contribution in [1.29, 1.82) is 0 Å². The van der Waals surface area contributed by atoms with Gasteiger partial charge in [-0.25, -0.2) is 10.1 Å². The summed E-state index contributed by atoms with van der Waals surface area (Å²) in [6.07, 6.45) is 4.31. The van der Waals surface area contributed by atoms with Crippen molar-refractivity contribution in [2.75, 3.05) is 0 Å². The fourth-order valence-electron chi connectivity index (χ4n) is 1.33. The van der Waals surface area contributed by atoms with Gasteiger partial charge in [0.05, 0.1) is 18.0 Å². The summed E-state index contributed by atoms with van der Waals surface area (Å²) in [4.78, 5) is 15.2. The summed E-state index contributed by atoms with van der Waals surface area (Å²) in [6.45, 7) is 2.94. The van der Waals surface area contributed by atoms with Crippen LogP contribution in [0.2, 0.25) is 0 Å². The van der Waals surface area contributed by atoms with Gasteiger partial charge in [-0.1, -0.05) is 6.92 Å². The van der Waals surface area contributed by atoms with E-state index in [0.717, 1.165) is 18.5 Å². The Morgan fingerprint density at radius 2 is 2.46 bits per heavy atom. The molecule has 0 aromatic carbocycles. The fourth-order valence-corrected chi connectivity index (χ4v) is 1.33. The molecular formula is C8H10N4O. The van der Waals surface area contributed by atoms with E-state index in [2.05, 4.69) is 22.1 Å². The third-order valence-corrected chi connectivity index (χ3v) is 1.91. The lowest BCUT2D eigenvalue weighted by molar-refractivity contribution is 0.696. The largest absolute Gasteiger partial charge is 0.329 e. The summed E-state index contributed by atoms with van der Waals surface area (Å²) in [5.74, 6) is 0. The number of hydrogen-bond donors (Lipinski definition) is 1. The molecule has 2 aromatic heterocycles. The number of H-pyrrole nitrogens is 1. The Bertz CT molecular complexity index is 470. The fraction of sp³-hybridized carbons (Fsp3) is 0.375. The zero-order chi connectivity index (χ0) is 9.26. The van der Waals surface area contributed by atoms with Crippen LogP contribution in [0.25, 0.3) is 11.0 Å². The van der Waals surface area contributed by atoms with Gasteiger partial charge in [-0.15, -0.1) is 0 Å². The van der Waals surface area contributed by atoms with Crippen LogP contribution in [0.1, 0.15) is 13.3 Å². The molecule has 0 saturated carbocycles. The zero-order valence-electron chi connectivity index (χ0n) is 7.32. The quantitative estimate of drug-likeness (QED) is 0.729. The lowest BCUT2D eigenvalue weighted by atomic mass is 10.4. The number of imidazole rings is 1. The van der Waals surface area contributed by atoms with Gasteiger partial charge in [0, 0.05) is 6.54 Å². The smallest absolute Gasteiger partial charge is 0.292 e. The van der Waals surface area contributed by atoms with Crippen molar-refractivity contribution in [3.8, 4) is 0 Å². The lowest BCUT2D eigenvalue weighted by Gasteiger charge is -1.98. The topological polar surface area (TPSA) is 63.6 Å². The van der Waals surface area contributed by atoms with E-state index < -0.39 is 0 Å². The molecule has 0 aliphatic rings. The number of aromatic nitrogens is 4. The molecule has 2 heterocycles. The van der Waals surface area contributed by atoms with Gasteiger partial charge in [0.1, 0.15) is 0 Å². The van der Waals surface area contributed by atoms with Crippen LogP contribution >= 0.6 is 0 Å². The summed E-state index contributed by atoms with van der Waals surface area (Å²) in [7, 11) is 0. The SMILES string of the molecule is CCCn1cnc2c(=O)[nH]ncc21. The molecule has 2 rings (SSSR count). The van der Waals surface area contributed by atoms with E-state index in [4.69, 9.17) is 0 Å². The second-order valence-electron chi connectivity index (χ2n) is 2.87. The molecule has 68 valence electrons. The Morgan fingerprint density at radius 3 is 3.23 bits per heavy atom. The van der Waals surface area contributed by atoms with Crippen LogP contribution in [-0.2, 0) is 6.54 Å². The maximum Gasteiger partial charge on any atom is 0.292 e. The van der Waals surface area contributed by atoms with Gasteiger partial charge < -0.3 is 4.57 Å². The van der Waals surface area contributed by atoms with E-state index in [-0.39, 0.29) is 5.56 Å². The summed E-state index contributed by atoms with van der Waals surface area (Å²) in [5, 5.41) is 6.08. The lowest BCUT2D eigenvalue weighted by Crippen LogP contribution is -2.08. The number of fused-ring (bicyclic) bond motifs is 1. The predicted octanol–water partition coefficient (Wildman–Crippen LogP) is 0.530. The van der Waals surface area contributed by atoms with Crippen LogP contribution in [0.5, 0.6) is 0 Å². The molecule has 0 aliphatic carbocycles. The van der Waals surface area contributed by atoms with Crippen molar-refractivity contribution in [1.82, 2.24) is 19.7 Å². The second kappa shape index (κ2) is 3.01. The maximum absolute atomic E-state index is 11.2. The molecule has 5 heteroatoms. The third kappa shape index (κ3) is 1.22. The van der Waals surface area contributed by atoms with Gasteiger partial charge in [0.25, 0.3) is 5.56 Å². The van der Waals surface area contributed by atoms with Crippen molar-refractivity contribution in [3.63, 3.8) is 0 Å². The van der Waals surface area contributed by atoms with Crippen LogP contribution in [0, 0.1) is 0 Å². The molecule has 0 radical (unpaired) electrons. The number of hydrogen-bond acceptors (Lipinski definition) is 3. The molecule has 0 aliphatic heterocycles. The number of nitrogens with zero attached hydrogens (tertiary/aromatic N) is 3. The molecule has 0 unspecified atom stereocenters. The van der Waals surface area contributed by atoms with Crippen LogP contribution < -0.4 is 5.56 Å². The van der Waals surface area contributed by atoms with E-state index in [1.807, 2.05) is 4.57 Å². The minimum absolute atomic E-state index is 0.229. The Morgan fingerprint density at radius 1 is 1.62 bits per heavy atom. The normalized spacial score (nSPS) is 10.8. The van der Waals surface area contributed by atoms with Gasteiger partial charge in [0.2, 0.25) is 0 Å². The predicted molar refractivity (Wildman–Crippen MR) is 48.4 cm³/mol. The van der Waals surface area contributed by atoms with Crippen molar-refractivity contribution >= 4 is 11.0 Å². The molecule has 0 atom stereocenters. The Labute approximate surface area is 74.4 Å². The summed E-state index contributed by atoms with van der Waals surface area (Å²) >= 11 is 0. The highest BCUT2D eigenvalue weighted by molar-refractivity contribution is 5.72. The van der Waals surface area contributed by atoms with Crippen LogP contribution in [-0.4, -0.2) is 19.7 Å². The van der Waals surface area contributed by atoms with Crippen LogP contribution in [0.3, 0.4) is 0 Å². The Balaban J connectivity index is 2.68. The van der Waals surface area contributed by atoms with Gasteiger partial charge in [0.15, 0.2) is 5.52 Å². The van der Waals surface area contributed by atoms with Crippen molar-refractivity contribution < 1.29 is 0 Å². The summed E-state index contributed by atoms with van der Waals surface area (Å²) < 4.78 is 1.93. The minimum Gasteiger partial charge on any atom is -0.329 e.